The van der Waals surface area contributed by atoms with Gasteiger partial charge >= 0.3 is 0 Å². The van der Waals surface area contributed by atoms with Crippen molar-refractivity contribution >= 4 is 0 Å². The van der Waals surface area contributed by atoms with Crippen LogP contribution in [0.2, 0.25) is 0 Å². The van der Waals surface area contributed by atoms with Crippen LogP contribution in [0.3, 0.4) is 0 Å². The summed E-state index contributed by atoms with van der Waals surface area (Å²) in [7, 11) is 0. The lowest BCUT2D eigenvalue weighted by atomic mass is 9.50. The van der Waals surface area contributed by atoms with Crippen molar-refractivity contribution in [2.75, 3.05) is 0 Å². The largest absolute Gasteiger partial charge is 0.202 e. The van der Waals surface area contributed by atoms with Crippen molar-refractivity contribution < 1.29 is 0 Å². The Morgan fingerprint density at radius 2 is 1.28 bits per heavy atom. The average Bonchev–Trinajstić information content (AvgIpc) is 2.69. The normalized spacial score (nSPS) is 63.8. The van der Waals surface area contributed by atoms with Gasteiger partial charge in [-0.15, -0.1) is 0 Å². The molecule has 0 aromatic carbocycles. The van der Waals surface area contributed by atoms with Crippen molar-refractivity contribution in [2.24, 2.45) is 11.3 Å². The van der Waals surface area contributed by atoms with Gasteiger partial charge in [0.25, 0.3) is 0 Å². The molecule has 6 aliphatic heterocycles. The van der Waals surface area contributed by atoms with E-state index >= 15 is 0 Å². The SMILES string of the molecule is CC12C3[C@H]4CC[C@@H]1N1N5[C@@H]2CC[C@@H]3N5C(C)(C)N41. The Morgan fingerprint density at radius 1 is 0.778 bits per heavy atom. The van der Waals surface area contributed by atoms with Crippen LogP contribution in [0.1, 0.15) is 46.5 Å². The van der Waals surface area contributed by atoms with E-state index in [0.717, 1.165) is 30.1 Å². The minimum Gasteiger partial charge on any atom is -0.202 e. The molecule has 6 saturated heterocycles. The molecule has 0 radical (unpaired) electrons. The zero-order chi connectivity index (χ0) is 12.0. The van der Waals surface area contributed by atoms with Gasteiger partial charge in [-0.25, -0.2) is 10.0 Å². The molecule has 0 spiro atoms. The third-order valence-corrected chi connectivity index (χ3v) is 7.41. The number of rotatable bonds is 0. The maximum atomic E-state index is 2.76. The predicted octanol–water partition coefficient (Wildman–Crippen LogP) is 1.41. The molecule has 2 saturated carbocycles. The smallest absolute Gasteiger partial charge is 0.0981 e. The highest BCUT2D eigenvalue weighted by molar-refractivity contribution is 5.27. The van der Waals surface area contributed by atoms with Gasteiger partial charge in [-0.05, 0) is 39.5 Å². The zero-order valence-electron chi connectivity index (χ0n) is 11.5. The van der Waals surface area contributed by atoms with Crippen LogP contribution in [0.4, 0.5) is 0 Å². The summed E-state index contributed by atoms with van der Waals surface area (Å²) in [5.41, 5.74) is 0.820. The Bertz CT molecular complexity index is 438. The van der Waals surface area contributed by atoms with Crippen LogP contribution in [-0.2, 0) is 0 Å². The van der Waals surface area contributed by atoms with Crippen molar-refractivity contribution in [3.05, 3.63) is 0 Å². The lowest BCUT2D eigenvalue weighted by Crippen LogP contribution is -2.81. The molecule has 6 heterocycles. The Balaban J connectivity index is 1.71. The monoisotopic (exact) mass is 246 g/mol. The minimum atomic E-state index is 0.227. The van der Waals surface area contributed by atoms with Gasteiger partial charge in [-0.2, -0.15) is 10.2 Å². The predicted molar refractivity (Wildman–Crippen MR) is 66.7 cm³/mol. The number of hydrazine groups is 3. The molecule has 2 unspecified atom stereocenters. The van der Waals surface area contributed by atoms with E-state index < -0.39 is 0 Å². The zero-order valence-corrected chi connectivity index (χ0v) is 11.5. The molecule has 0 aromatic rings. The van der Waals surface area contributed by atoms with Gasteiger partial charge in [-0.3, -0.25) is 0 Å². The maximum Gasteiger partial charge on any atom is 0.0981 e. The van der Waals surface area contributed by atoms with Crippen molar-refractivity contribution in [3.63, 3.8) is 0 Å². The Hall–Kier alpha value is -0.160. The van der Waals surface area contributed by atoms with Gasteiger partial charge in [-0.1, -0.05) is 6.92 Å². The first-order chi connectivity index (χ1) is 8.58. The van der Waals surface area contributed by atoms with E-state index in [4.69, 9.17) is 0 Å². The second kappa shape index (κ2) is 2.30. The fourth-order valence-corrected chi connectivity index (χ4v) is 7.17. The van der Waals surface area contributed by atoms with Crippen LogP contribution in [0.5, 0.6) is 0 Å². The fourth-order valence-electron chi connectivity index (χ4n) is 7.17. The van der Waals surface area contributed by atoms with Gasteiger partial charge in [0.1, 0.15) is 0 Å². The van der Waals surface area contributed by atoms with E-state index in [2.05, 4.69) is 41.0 Å². The minimum absolute atomic E-state index is 0.227. The summed E-state index contributed by atoms with van der Waals surface area (Å²) in [4.78, 5) is 0. The number of hydrogen-bond donors (Lipinski definition) is 0. The van der Waals surface area contributed by atoms with Crippen molar-refractivity contribution in [1.82, 2.24) is 20.3 Å². The van der Waals surface area contributed by atoms with E-state index in [1.165, 1.54) is 25.7 Å². The summed E-state index contributed by atoms with van der Waals surface area (Å²) in [6.45, 7) is 7.50. The van der Waals surface area contributed by atoms with Crippen LogP contribution in [0.15, 0.2) is 0 Å². The summed E-state index contributed by atoms with van der Waals surface area (Å²) >= 11 is 0. The van der Waals surface area contributed by atoms with Crippen molar-refractivity contribution in [3.8, 4) is 0 Å². The quantitative estimate of drug-likeness (QED) is 0.641. The summed E-state index contributed by atoms with van der Waals surface area (Å²) < 4.78 is 0. The molecule has 8 fully saturated rings. The van der Waals surface area contributed by atoms with E-state index in [0.29, 0.717) is 5.41 Å². The molecule has 18 heavy (non-hydrogen) atoms. The number of nitrogens with zero attached hydrogens (tertiary/aromatic N) is 4. The third-order valence-electron chi connectivity index (χ3n) is 7.41. The molecule has 98 valence electrons. The van der Waals surface area contributed by atoms with E-state index in [-0.39, 0.29) is 5.66 Å². The fraction of sp³-hybridized carbons (Fsp3) is 1.00. The molecule has 6 atom stereocenters. The van der Waals surface area contributed by atoms with Crippen LogP contribution < -0.4 is 0 Å². The molecule has 4 nitrogen and oxygen atoms in total. The second-order valence-corrected chi connectivity index (χ2v) is 8.04. The lowest BCUT2D eigenvalue weighted by Gasteiger charge is -2.70. The molecule has 7 bridgehead atoms. The molecular formula is C14H22N4. The van der Waals surface area contributed by atoms with E-state index in [9.17, 15) is 0 Å². The topological polar surface area (TPSA) is 13.0 Å². The van der Waals surface area contributed by atoms with Gasteiger partial charge < -0.3 is 0 Å². The van der Waals surface area contributed by atoms with Gasteiger partial charge in [0.05, 0.1) is 5.66 Å². The standard InChI is InChI=1S/C14H22N4/c1-13(2)15-8-4-6-10-14(3)11-7-5-9(12(8)14)16(13)18(11)17(10)15/h8-12H,4-7H2,1-3H3/t8-,9+,10+,11-,12?,14?. The highest BCUT2D eigenvalue weighted by Gasteiger charge is 2.83. The summed E-state index contributed by atoms with van der Waals surface area (Å²) in [6.07, 6.45) is 5.74. The molecule has 8 rings (SSSR count). The van der Waals surface area contributed by atoms with E-state index in [1.54, 1.807) is 0 Å². The van der Waals surface area contributed by atoms with E-state index in [1.807, 2.05) is 0 Å². The molecular weight excluding hydrogens is 224 g/mol. The highest BCUT2D eigenvalue weighted by atomic mass is 16.1. The van der Waals surface area contributed by atoms with Gasteiger partial charge in [0.15, 0.2) is 0 Å². The van der Waals surface area contributed by atoms with Crippen LogP contribution in [0, 0.1) is 11.3 Å². The molecule has 0 amide bonds. The maximum absolute atomic E-state index is 2.76. The summed E-state index contributed by atoms with van der Waals surface area (Å²) in [5.74, 6) is 0.943. The van der Waals surface area contributed by atoms with Crippen LogP contribution in [0.25, 0.3) is 0 Å². The first kappa shape index (κ1) is 9.70. The summed E-state index contributed by atoms with van der Waals surface area (Å²) in [5, 5.41) is 10.9. The molecule has 8 aliphatic rings. The van der Waals surface area contributed by atoms with Gasteiger partial charge in [0, 0.05) is 35.5 Å². The molecule has 2 aliphatic carbocycles. The third kappa shape index (κ3) is 0.606. The van der Waals surface area contributed by atoms with Gasteiger partial charge in [0.2, 0.25) is 0 Å². The second-order valence-electron chi connectivity index (χ2n) is 8.04. The van der Waals surface area contributed by atoms with Crippen molar-refractivity contribution in [1.29, 1.82) is 0 Å². The van der Waals surface area contributed by atoms with Crippen molar-refractivity contribution in [2.45, 2.75) is 76.3 Å². The molecule has 0 aromatic heterocycles. The first-order valence-electron chi connectivity index (χ1n) is 7.75. The Kier molecular flexibility index (Phi) is 1.24. The Morgan fingerprint density at radius 3 is 1.78 bits per heavy atom. The molecule has 0 N–H and O–H groups in total. The Labute approximate surface area is 108 Å². The molecule has 4 heteroatoms. The average molecular weight is 246 g/mol. The first-order valence-corrected chi connectivity index (χ1v) is 7.75. The lowest BCUT2D eigenvalue weighted by molar-refractivity contribution is -0.279. The van der Waals surface area contributed by atoms with Crippen LogP contribution in [-0.4, -0.2) is 50.1 Å². The number of hydrogen-bond acceptors (Lipinski definition) is 4. The highest BCUT2D eigenvalue weighted by Crippen LogP contribution is 2.72. The van der Waals surface area contributed by atoms with Crippen LogP contribution >= 0.6 is 0 Å². The number of fused-ring (bicyclic) bond motifs is 2. The summed E-state index contributed by atoms with van der Waals surface area (Å²) in [6, 6.07) is 3.25.